The minimum absolute atomic E-state index is 0.0549. The first-order chi connectivity index (χ1) is 19.7. The van der Waals surface area contributed by atoms with Crippen LogP contribution in [0.15, 0.2) is 71.7 Å². The zero-order chi connectivity index (χ0) is 29.4. The third-order valence-corrected chi connectivity index (χ3v) is 8.34. The normalized spacial score (nSPS) is 11.3. The molecule has 0 amide bonds. The van der Waals surface area contributed by atoms with Gasteiger partial charge < -0.3 is 28.3 Å². The van der Waals surface area contributed by atoms with Crippen LogP contribution in [-0.4, -0.2) is 39.8 Å². The van der Waals surface area contributed by atoms with Crippen LogP contribution in [0.1, 0.15) is 21.5 Å². The number of fused-ring (bicyclic) bond motifs is 1. The van der Waals surface area contributed by atoms with Crippen molar-refractivity contribution >= 4 is 25.3 Å². The summed E-state index contributed by atoms with van der Waals surface area (Å²) in [5.41, 5.74) is 2.14. The van der Waals surface area contributed by atoms with Crippen LogP contribution in [0.25, 0.3) is 10.9 Å². The lowest BCUT2D eigenvalue weighted by atomic mass is 10.1. The molecule has 216 valence electrons. The van der Waals surface area contributed by atoms with Gasteiger partial charge >= 0.3 is 0 Å². The Balaban J connectivity index is 1.69. The molecule has 3 aromatic carbocycles. The number of ether oxygens (including phenoxy) is 5. The maximum atomic E-state index is 13.2. The number of benzene rings is 3. The molecule has 0 unspecified atom stereocenters. The van der Waals surface area contributed by atoms with Gasteiger partial charge in [-0.05, 0) is 47.5 Å². The van der Waals surface area contributed by atoms with Gasteiger partial charge in [-0.15, -0.1) is 0 Å². The van der Waals surface area contributed by atoms with Crippen LogP contribution in [-0.2, 0) is 24.7 Å². The van der Waals surface area contributed by atoms with Gasteiger partial charge in [-0.25, -0.2) is 0 Å². The molecule has 1 heterocycles. The maximum absolute atomic E-state index is 13.2. The number of pyridine rings is 1. The molecule has 0 aliphatic carbocycles. The molecule has 0 saturated carbocycles. The molecule has 0 bridgehead atoms. The Morgan fingerprint density at radius 2 is 1.34 bits per heavy atom. The Morgan fingerprint density at radius 1 is 0.805 bits per heavy atom. The van der Waals surface area contributed by atoms with Crippen molar-refractivity contribution in [3.63, 3.8) is 0 Å². The fourth-order valence-electron chi connectivity index (χ4n) is 4.14. The van der Waals surface area contributed by atoms with Crippen molar-refractivity contribution in [3.05, 3.63) is 93.8 Å². The highest BCUT2D eigenvalue weighted by molar-refractivity contribution is 6.76. The minimum atomic E-state index is -1.28. The smallest absolute Gasteiger partial charge is 0.200 e. The van der Waals surface area contributed by atoms with Gasteiger partial charge in [-0.2, -0.15) is 0 Å². The van der Waals surface area contributed by atoms with Crippen molar-refractivity contribution < 1.29 is 28.5 Å². The molecule has 0 aliphatic rings. The Morgan fingerprint density at radius 3 is 1.83 bits per heavy atom. The zero-order valence-corrected chi connectivity index (χ0v) is 25.3. The SMILES string of the molecule is COc1ccc(COc2cc3c(=O)c(C=O)cn(COCC[Si](C)(C)C)c3cc2OCc2ccc(OC)cc2)cc1. The molecule has 0 radical (unpaired) electrons. The number of aromatic nitrogens is 1. The summed E-state index contributed by atoms with van der Waals surface area (Å²) in [4.78, 5) is 25.0. The van der Waals surface area contributed by atoms with Gasteiger partial charge in [0.15, 0.2) is 23.2 Å². The van der Waals surface area contributed by atoms with Gasteiger partial charge in [0.2, 0.25) is 0 Å². The standard InChI is InChI=1S/C32H37NO7Si/c1-36-26-10-6-23(7-11-26)20-39-30-16-28-29(17-31(30)40-21-24-8-12-27(37-2)13-9-24)33(18-25(19-34)32(28)35)22-38-14-15-41(3,4)5/h6-13,16-19H,14-15,20-22H2,1-5H3. The van der Waals surface area contributed by atoms with Crippen molar-refractivity contribution in [3.8, 4) is 23.0 Å². The summed E-state index contributed by atoms with van der Waals surface area (Å²) in [6.45, 7) is 8.18. The Bertz CT molecular complexity index is 1520. The summed E-state index contributed by atoms with van der Waals surface area (Å²) in [7, 11) is 1.96. The van der Waals surface area contributed by atoms with Crippen LogP contribution < -0.4 is 24.4 Å². The molecule has 8 nitrogen and oxygen atoms in total. The average Bonchev–Trinajstić information content (AvgIpc) is 2.98. The van der Waals surface area contributed by atoms with Crippen molar-refractivity contribution in [1.82, 2.24) is 4.57 Å². The van der Waals surface area contributed by atoms with E-state index in [2.05, 4.69) is 19.6 Å². The zero-order valence-electron chi connectivity index (χ0n) is 24.3. The fraction of sp³-hybridized carbons (Fsp3) is 0.312. The predicted molar refractivity (Wildman–Crippen MR) is 162 cm³/mol. The second-order valence-corrected chi connectivity index (χ2v) is 16.6. The van der Waals surface area contributed by atoms with Crippen LogP contribution in [0.5, 0.6) is 23.0 Å². The number of hydrogen-bond donors (Lipinski definition) is 0. The summed E-state index contributed by atoms with van der Waals surface area (Å²) >= 11 is 0. The average molecular weight is 576 g/mol. The maximum Gasteiger partial charge on any atom is 0.200 e. The summed E-state index contributed by atoms with van der Waals surface area (Å²) in [5, 5.41) is 0.352. The lowest BCUT2D eigenvalue weighted by molar-refractivity contribution is 0.0895. The van der Waals surface area contributed by atoms with Gasteiger partial charge in [-0.3, -0.25) is 9.59 Å². The topological polar surface area (TPSA) is 85.2 Å². The Hall–Kier alpha value is -4.08. The van der Waals surface area contributed by atoms with Crippen molar-refractivity contribution in [2.75, 3.05) is 20.8 Å². The van der Waals surface area contributed by atoms with Crippen LogP contribution in [0.2, 0.25) is 25.7 Å². The molecule has 0 spiro atoms. The van der Waals surface area contributed by atoms with E-state index in [0.717, 1.165) is 28.7 Å². The molecular formula is C32H37NO7Si. The van der Waals surface area contributed by atoms with Gasteiger partial charge in [-0.1, -0.05) is 43.9 Å². The van der Waals surface area contributed by atoms with Gasteiger partial charge in [0.1, 0.15) is 31.4 Å². The molecule has 1 aromatic heterocycles. The summed E-state index contributed by atoms with van der Waals surface area (Å²) in [5.74, 6) is 2.37. The number of aldehydes is 1. The highest BCUT2D eigenvalue weighted by Crippen LogP contribution is 2.33. The molecule has 41 heavy (non-hydrogen) atoms. The van der Waals surface area contributed by atoms with E-state index < -0.39 is 8.07 Å². The number of rotatable bonds is 14. The second kappa shape index (κ2) is 13.5. The number of methoxy groups -OCH3 is 2. The second-order valence-electron chi connectivity index (χ2n) is 10.9. The monoisotopic (exact) mass is 575 g/mol. The van der Waals surface area contributed by atoms with E-state index in [4.69, 9.17) is 23.7 Å². The number of carbonyl (C=O) groups is 1. The third kappa shape index (κ3) is 7.99. The molecule has 9 heteroatoms. The van der Waals surface area contributed by atoms with Crippen molar-refractivity contribution in [1.29, 1.82) is 0 Å². The van der Waals surface area contributed by atoms with Crippen LogP contribution in [0.4, 0.5) is 0 Å². The quantitative estimate of drug-likeness (QED) is 0.0991. The van der Waals surface area contributed by atoms with E-state index in [1.165, 1.54) is 6.20 Å². The first-order valence-electron chi connectivity index (χ1n) is 13.5. The molecule has 0 aliphatic heterocycles. The van der Waals surface area contributed by atoms with E-state index in [1.54, 1.807) is 30.9 Å². The number of nitrogens with zero attached hydrogens (tertiary/aromatic N) is 1. The van der Waals surface area contributed by atoms with E-state index in [9.17, 15) is 9.59 Å². The van der Waals surface area contributed by atoms with E-state index in [0.29, 0.717) is 35.3 Å². The predicted octanol–water partition coefficient (Wildman–Crippen LogP) is 6.30. The first-order valence-corrected chi connectivity index (χ1v) is 17.2. The van der Waals surface area contributed by atoms with Crippen LogP contribution in [0.3, 0.4) is 0 Å². The molecule has 0 N–H and O–H groups in total. The van der Waals surface area contributed by atoms with Gasteiger partial charge in [0.05, 0.1) is 30.7 Å². The van der Waals surface area contributed by atoms with Crippen molar-refractivity contribution in [2.45, 2.75) is 45.6 Å². The van der Waals surface area contributed by atoms with E-state index >= 15 is 0 Å². The third-order valence-electron chi connectivity index (χ3n) is 6.63. The molecular weight excluding hydrogens is 538 g/mol. The summed E-state index contributed by atoms with van der Waals surface area (Å²) in [6.07, 6.45) is 2.11. The summed E-state index contributed by atoms with van der Waals surface area (Å²) in [6, 6.07) is 19.6. The van der Waals surface area contributed by atoms with E-state index in [1.807, 2.05) is 48.5 Å². The Kier molecular flexibility index (Phi) is 9.85. The van der Waals surface area contributed by atoms with Crippen LogP contribution in [0, 0.1) is 0 Å². The molecule has 0 atom stereocenters. The van der Waals surface area contributed by atoms with Crippen LogP contribution >= 0.6 is 0 Å². The lowest BCUT2D eigenvalue weighted by Crippen LogP contribution is -2.22. The fourth-order valence-corrected chi connectivity index (χ4v) is 4.90. The highest BCUT2D eigenvalue weighted by atomic mass is 28.3. The largest absolute Gasteiger partial charge is 0.497 e. The summed E-state index contributed by atoms with van der Waals surface area (Å²) < 4.78 is 30.7. The Labute approximate surface area is 241 Å². The van der Waals surface area contributed by atoms with Gasteiger partial charge in [0.25, 0.3) is 0 Å². The molecule has 4 aromatic rings. The molecule has 4 rings (SSSR count). The molecule has 0 fully saturated rings. The van der Waals surface area contributed by atoms with Crippen molar-refractivity contribution in [2.24, 2.45) is 0 Å². The lowest BCUT2D eigenvalue weighted by Gasteiger charge is -2.19. The minimum Gasteiger partial charge on any atom is -0.497 e. The van der Waals surface area contributed by atoms with E-state index in [-0.39, 0.29) is 30.9 Å². The number of carbonyl (C=O) groups excluding carboxylic acids is 1. The number of hydrogen-bond acceptors (Lipinski definition) is 7. The highest BCUT2D eigenvalue weighted by Gasteiger charge is 2.17. The van der Waals surface area contributed by atoms with Gasteiger partial charge in [0, 0.05) is 26.9 Å². The first kappa shape index (κ1) is 29.9. The molecule has 0 saturated heterocycles.